The third kappa shape index (κ3) is 4.79. The van der Waals surface area contributed by atoms with Gasteiger partial charge in [-0.05, 0) is 75.3 Å². The van der Waals surface area contributed by atoms with E-state index in [-0.39, 0.29) is 6.04 Å². The zero-order valence-electron chi connectivity index (χ0n) is 21.6. The largest absolute Gasteiger partial charge is 0.372 e. The highest BCUT2D eigenvalue weighted by Crippen LogP contribution is 2.42. The second-order valence-corrected chi connectivity index (χ2v) is 9.62. The van der Waals surface area contributed by atoms with Crippen molar-refractivity contribution in [3.8, 4) is 0 Å². The number of nitrogens with one attached hydrogen (secondary N) is 2. The molecule has 0 radical (unpaired) electrons. The van der Waals surface area contributed by atoms with Gasteiger partial charge >= 0.3 is 0 Å². The molecule has 4 heterocycles. The number of fused-ring (bicyclic) bond motifs is 2. The van der Waals surface area contributed by atoms with Crippen LogP contribution in [0.5, 0.6) is 0 Å². The van der Waals surface area contributed by atoms with Crippen LogP contribution in [0.15, 0.2) is 42.6 Å². The van der Waals surface area contributed by atoms with E-state index in [1.165, 1.54) is 11.1 Å². The van der Waals surface area contributed by atoms with Crippen molar-refractivity contribution in [2.45, 2.75) is 59.5 Å². The highest BCUT2D eigenvalue weighted by atomic mass is 16.3. The Morgan fingerprint density at radius 1 is 1.14 bits per heavy atom. The van der Waals surface area contributed by atoms with Crippen LogP contribution < -0.4 is 15.6 Å². The third-order valence-electron chi connectivity index (χ3n) is 6.92. The number of aliphatic hydroxyl groups is 1. The average Bonchev–Trinajstić information content (AvgIpc) is 3.19. The van der Waals surface area contributed by atoms with Crippen LogP contribution in [0.2, 0.25) is 0 Å². The van der Waals surface area contributed by atoms with Gasteiger partial charge in [0.15, 0.2) is 12.0 Å². The van der Waals surface area contributed by atoms with Crippen molar-refractivity contribution in [1.82, 2.24) is 30.2 Å². The molecule has 0 aliphatic carbocycles. The predicted molar refractivity (Wildman–Crippen MR) is 142 cm³/mol. The second kappa shape index (κ2) is 10.5. The molecule has 190 valence electrons. The first kappa shape index (κ1) is 24.6. The summed E-state index contributed by atoms with van der Waals surface area (Å²) < 4.78 is 0. The SMILES string of the molecule is CCN(CC)Cc1cccc(N2c3nc(Nc4ccc5c(c4)CCNC5)ncc3C(O)N2C(C)C)n1. The fourth-order valence-corrected chi connectivity index (χ4v) is 4.93. The Morgan fingerprint density at radius 3 is 2.75 bits per heavy atom. The minimum atomic E-state index is -0.849. The first-order valence-electron chi connectivity index (χ1n) is 12.9. The molecule has 0 saturated carbocycles. The summed E-state index contributed by atoms with van der Waals surface area (Å²) >= 11 is 0. The lowest BCUT2D eigenvalue weighted by molar-refractivity contribution is -0.00464. The van der Waals surface area contributed by atoms with E-state index in [1.54, 1.807) is 6.20 Å². The number of nitrogens with zero attached hydrogens (tertiary/aromatic N) is 6. The van der Waals surface area contributed by atoms with Gasteiger partial charge in [0.05, 0.1) is 11.3 Å². The summed E-state index contributed by atoms with van der Waals surface area (Å²) in [5, 5.41) is 21.8. The molecule has 0 fully saturated rings. The van der Waals surface area contributed by atoms with E-state index >= 15 is 0 Å². The van der Waals surface area contributed by atoms with Crippen molar-refractivity contribution in [2.24, 2.45) is 0 Å². The molecule has 0 spiro atoms. The molecule has 2 aliphatic heterocycles. The van der Waals surface area contributed by atoms with E-state index in [1.807, 2.05) is 28.2 Å². The number of aliphatic hydroxyl groups excluding tert-OH is 1. The Balaban J connectivity index is 1.48. The molecule has 9 nitrogen and oxygen atoms in total. The number of aromatic nitrogens is 3. The second-order valence-electron chi connectivity index (χ2n) is 9.62. The number of hydrogen-bond donors (Lipinski definition) is 3. The lowest BCUT2D eigenvalue weighted by Gasteiger charge is -2.33. The normalized spacial score (nSPS) is 17.5. The summed E-state index contributed by atoms with van der Waals surface area (Å²) in [7, 11) is 0. The fourth-order valence-electron chi connectivity index (χ4n) is 4.93. The van der Waals surface area contributed by atoms with Crippen LogP contribution in [-0.2, 0) is 19.5 Å². The van der Waals surface area contributed by atoms with Crippen molar-refractivity contribution in [1.29, 1.82) is 0 Å². The number of hydrogen-bond acceptors (Lipinski definition) is 9. The number of benzene rings is 1. The van der Waals surface area contributed by atoms with Gasteiger partial charge in [-0.1, -0.05) is 26.0 Å². The lowest BCUT2D eigenvalue weighted by Crippen LogP contribution is -2.42. The van der Waals surface area contributed by atoms with Gasteiger partial charge in [-0.3, -0.25) is 4.90 Å². The predicted octanol–water partition coefficient (Wildman–Crippen LogP) is 3.87. The molecule has 1 unspecified atom stereocenters. The van der Waals surface area contributed by atoms with Crippen LogP contribution in [0.1, 0.15) is 56.3 Å². The highest BCUT2D eigenvalue weighted by Gasteiger charge is 2.40. The van der Waals surface area contributed by atoms with E-state index in [2.05, 4.69) is 66.4 Å². The van der Waals surface area contributed by atoms with Crippen molar-refractivity contribution < 1.29 is 5.11 Å². The van der Waals surface area contributed by atoms with Gasteiger partial charge < -0.3 is 15.7 Å². The Bertz CT molecular complexity index is 1210. The van der Waals surface area contributed by atoms with E-state index in [9.17, 15) is 5.11 Å². The lowest BCUT2D eigenvalue weighted by atomic mass is 10.0. The van der Waals surface area contributed by atoms with E-state index in [0.717, 1.165) is 56.3 Å². The molecule has 9 heteroatoms. The average molecular weight is 489 g/mol. The Labute approximate surface area is 213 Å². The fraction of sp³-hybridized carbons (Fsp3) is 0.444. The van der Waals surface area contributed by atoms with Gasteiger partial charge in [-0.15, -0.1) is 0 Å². The van der Waals surface area contributed by atoms with Gasteiger partial charge in [0.2, 0.25) is 5.95 Å². The van der Waals surface area contributed by atoms with Crippen LogP contribution in [0, 0.1) is 0 Å². The summed E-state index contributed by atoms with van der Waals surface area (Å²) in [4.78, 5) is 16.7. The van der Waals surface area contributed by atoms with E-state index < -0.39 is 6.23 Å². The van der Waals surface area contributed by atoms with Gasteiger partial charge in [0.25, 0.3) is 0 Å². The topological polar surface area (TPSA) is 92.7 Å². The molecular formula is C27H36N8O. The van der Waals surface area contributed by atoms with Crippen LogP contribution in [0.4, 0.5) is 23.3 Å². The molecule has 0 saturated heterocycles. The minimum absolute atomic E-state index is 0.0214. The molecule has 36 heavy (non-hydrogen) atoms. The number of hydrazine groups is 1. The van der Waals surface area contributed by atoms with Crippen LogP contribution >= 0.6 is 0 Å². The first-order chi connectivity index (χ1) is 17.5. The molecule has 3 N–H and O–H groups in total. The number of rotatable bonds is 8. The monoisotopic (exact) mass is 488 g/mol. The Kier molecular flexibility index (Phi) is 7.15. The quantitative estimate of drug-likeness (QED) is 0.437. The first-order valence-corrected chi connectivity index (χ1v) is 12.9. The smallest absolute Gasteiger partial charge is 0.229 e. The molecule has 0 bridgehead atoms. The maximum Gasteiger partial charge on any atom is 0.229 e. The third-order valence-corrected chi connectivity index (χ3v) is 6.92. The minimum Gasteiger partial charge on any atom is -0.372 e. The molecule has 0 amide bonds. The molecular weight excluding hydrogens is 452 g/mol. The molecule has 1 aromatic carbocycles. The zero-order valence-corrected chi connectivity index (χ0v) is 21.6. The summed E-state index contributed by atoms with van der Waals surface area (Å²) in [6, 6.07) is 12.5. The Hall–Kier alpha value is -3.11. The van der Waals surface area contributed by atoms with Gasteiger partial charge in [0, 0.05) is 31.0 Å². The van der Waals surface area contributed by atoms with Crippen molar-refractivity contribution in [2.75, 3.05) is 30.0 Å². The molecule has 2 aliphatic rings. The maximum absolute atomic E-state index is 11.2. The molecule has 3 aromatic rings. The van der Waals surface area contributed by atoms with Crippen molar-refractivity contribution >= 4 is 23.3 Å². The van der Waals surface area contributed by atoms with Crippen LogP contribution in [0.25, 0.3) is 0 Å². The molecule has 1 atom stereocenters. The summed E-state index contributed by atoms with van der Waals surface area (Å²) in [5.74, 6) is 1.87. The van der Waals surface area contributed by atoms with Crippen molar-refractivity contribution in [3.63, 3.8) is 0 Å². The standard InChI is InChI=1S/C27H36N8O/c1-5-33(6-2)17-22-8-7-9-24(30-22)35-25-23(26(36)34(35)18(3)4)16-29-27(32-25)31-21-11-10-20-15-28-13-12-19(20)14-21/h7-11,14,16,18,26,28,36H,5-6,12-13,15,17H2,1-4H3,(H,29,31,32). The Morgan fingerprint density at radius 2 is 1.97 bits per heavy atom. The zero-order chi connectivity index (χ0) is 25.2. The van der Waals surface area contributed by atoms with E-state index in [0.29, 0.717) is 17.3 Å². The summed E-state index contributed by atoms with van der Waals surface area (Å²) in [6.45, 7) is 13.0. The van der Waals surface area contributed by atoms with Gasteiger partial charge in [0.1, 0.15) is 5.82 Å². The molecule has 5 rings (SSSR count). The number of anilines is 4. The highest BCUT2D eigenvalue weighted by molar-refractivity contribution is 5.65. The van der Waals surface area contributed by atoms with Gasteiger partial charge in [-0.2, -0.15) is 9.99 Å². The van der Waals surface area contributed by atoms with Crippen LogP contribution in [-0.4, -0.2) is 55.6 Å². The van der Waals surface area contributed by atoms with E-state index in [4.69, 9.17) is 9.97 Å². The van der Waals surface area contributed by atoms with Gasteiger partial charge in [-0.25, -0.2) is 15.0 Å². The maximum atomic E-state index is 11.2. The summed E-state index contributed by atoms with van der Waals surface area (Å²) in [6.07, 6.45) is 1.88. The van der Waals surface area contributed by atoms with Crippen LogP contribution in [0.3, 0.4) is 0 Å². The van der Waals surface area contributed by atoms with Crippen molar-refractivity contribution in [3.05, 3.63) is 65.0 Å². The summed E-state index contributed by atoms with van der Waals surface area (Å²) in [5.41, 5.74) is 5.29. The molecule has 2 aromatic heterocycles. The number of pyridine rings is 1.